The Balaban J connectivity index is 1.20. The Kier molecular flexibility index (Phi) is 5.27. The predicted molar refractivity (Wildman–Crippen MR) is 98.5 cm³/mol. The van der Waals surface area contributed by atoms with Gasteiger partial charge in [0.15, 0.2) is 6.54 Å². The zero-order valence-electron chi connectivity index (χ0n) is 16.2. The number of esters is 1. The number of carbonyl (C=O) groups excluding carboxylic acids is 2. The predicted octanol–water partition coefficient (Wildman–Crippen LogP) is 1.18. The Labute approximate surface area is 157 Å². The van der Waals surface area contributed by atoms with E-state index in [4.69, 9.17) is 4.74 Å². The minimum atomic E-state index is -0.0576. The first-order chi connectivity index (χ1) is 12.5. The average Bonchev–Trinajstić information content (AvgIpc) is 2.60. The van der Waals surface area contributed by atoms with E-state index < -0.39 is 0 Å². The van der Waals surface area contributed by atoms with Gasteiger partial charge < -0.3 is 15.0 Å². The largest absolute Gasteiger partial charge is 0.466 e. The molecule has 5 heteroatoms. The summed E-state index contributed by atoms with van der Waals surface area (Å²) in [5, 5.41) is 3.29. The highest BCUT2D eigenvalue weighted by Crippen LogP contribution is 2.59. The first-order valence-electron chi connectivity index (χ1n) is 10.8. The molecule has 4 saturated carbocycles. The molecule has 2 N–H and O–H groups in total. The van der Waals surface area contributed by atoms with Crippen molar-refractivity contribution in [1.29, 1.82) is 0 Å². The maximum Gasteiger partial charge on any atom is 0.309 e. The molecule has 5 rings (SSSR count). The second kappa shape index (κ2) is 7.49. The van der Waals surface area contributed by atoms with Gasteiger partial charge in [-0.2, -0.15) is 0 Å². The van der Waals surface area contributed by atoms with Crippen molar-refractivity contribution in [3.63, 3.8) is 0 Å². The van der Waals surface area contributed by atoms with Crippen LogP contribution in [0.4, 0.5) is 0 Å². The van der Waals surface area contributed by atoms with Crippen LogP contribution >= 0.6 is 0 Å². The number of carbonyl (C=O) groups is 2. The van der Waals surface area contributed by atoms with E-state index in [1.807, 2.05) is 6.92 Å². The molecule has 0 aromatic heterocycles. The van der Waals surface area contributed by atoms with Gasteiger partial charge >= 0.3 is 5.97 Å². The van der Waals surface area contributed by atoms with Crippen molar-refractivity contribution in [3.05, 3.63) is 0 Å². The van der Waals surface area contributed by atoms with Crippen LogP contribution in [-0.4, -0.2) is 44.7 Å². The van der Waals surface area contributed by atoms with Gasteiger partial charge in [-0.05, 0) is 68.6 Å². The average molecular weight is 364 g/mol. The monoisotopic (exact) mass is 363 g/mol. The number of likely N-dealkylation sites (tertiary alicyclic amines) is 1. The summed E-state index contributed by atoms with van der Waals surface area (Å²) in [5.41, 5.74) is 0.413. The Morgan fingerprint density at radius 2 is 1.62 bits per heavy atom. The minimum absolute atomic E-state index is 0.0359. The number of hydrogen-bond donors (Lipinski definition) is 2. The van der Waals surface area contributed by atoms with E-state index >= 15 is 0 Å². The van der Waals surface area contributed by atoms with Crippen LogP contribution in [0.5, 0.6) is 0 Å². The zero-order chi connectivity index (χ0) is 18.1. The summed E-state index contributed by atoms with van der Waals surface area (Å²) in [4.78, 5) is 25.6. The first-order valence-corrected chi connectivity index (χ1v) is 10.8. The summed E-state index contributed by atoms with van der Waals surface area (Å²) in [6, 6.07) is 0. The van der Waals surface area contributed by atoms with Gasteiger partial charge in [0, 0.05) is 19.4 Å². The molecule has 4 bridgehead atoms. The molecule has 1 aliphatic heterocycles. The molecule has 5 nitrogen and oxygen atoms in total. The fourth-order valence-corrected chi connectivity index (χ4v) is 6.78. The summed E-state index contributed by atoms with van der Waals surface area (Å²) >= 11 is 0. The summed E-state index contributed by atoms with van der Waals surface area (Å²) in [6.45, 7) is 5.56. The number of nitrogens with one attached hydrogen (secondary N) is 2. The number of quaternary nitrogens is 1. The summed E-state index contributed by atoms with van der Waals surface area (Å²) in [6.07, 6.45) is 10.1. The zero-order valence-corrected chi connectivity index (χ0v) is 16.2. The molecule has 4 aliphatic carbocycles. The van der Waals surface area contributed by atoms with Crippen molar-refractivity contribution in [1.82, 2.24) is 5.32 Å². The molecule has 1 amide bonds. The Morgan fingerprint density at radius 3 is 2.15 bits per heavy atom. The summed E-state index contributed by atoms with van der Waals surface area (Å²) in [5.74, 6) is 2.99. The molecule has 0 atom stereocenters. The molecule has 146 valence electrons. The van der Waals surface area contributed by atoms with Gasteiger partial charge in [0.2, 0.25) is 0 Å². The molecule has 1 heterocycles. The van der Waals surface area contributed by atoms with Crippen LogP contribution in [0.3, 0.4) is 0 Å². The molecule has 0 radical (unpaired) electrons. The molecule has 5 fully saturated rings. The molecule has 0 aromatic carbocycles. The van der Waals surface area contributed by atoms with Gasteiger partial charge in [-0.25, -0.2) is 0 Å². The third-order valence-electron chi connectivity index (χ3n) is 7.55. The highest BCUT2D eigenvalue weighted by molar-refractivity contribution is 5.77. The second-order valence-electron chi connectivity index (χ2n) is 9.65. The Bertz CT molecular complexity index is 504. The lowest BCUT2D eigenvalue weighted by Gasteiger charge is -2.56. The van der Waals surface area contributed by atoms with Crippen LogP contribution in [0.2, 0.25) is 0 Å². The molecule has 1 saturated heterocycles. The second-order valence-corrected chi connectivity index (χ2v) is 9.65. The quantitative estimate of drug-likeness (QED) is 0.697. The lowest BCUT2D eigenvalue weighted by Crippen LogP contribution is -3.14. The van der Waals surface area contributed by atoms with Gasteiger partial charge in [0.05, 0.1) is 25.6 Å². The molecule has 26 heavy (non-hydrogen) atoms. The molecule has 0 unspecified atom stereocenters. The molecular weight excluding hydrogens is 328 g/mol. The van der Waals surface area contributed by atoms with E-state index in [2.05, 4.69) is 5.32 Å². The van der Waals surface area contributed by atoms with Gasteiger partial charge in [-0.3, -0.25) is 9.59 Å². The Morgan fingerprint density at radius 1 is 1.04 bits per heavy atom. The van der Waals surface area contributed by atoms with Crippen molar-refractivity contribution in [2.24, 2.45) is 29.1 Å². The summed E-state index contributed by atoms with van der Waals surface area (Å²) in [7, 11) is 0. The molecule has 0 aromatic rings. The van der Waals surface area contributed by atoms with Gasteiger partial charge in [0.25, 0.3) is 5.91 Å². The van der Waals surface area contributed by atoms with E-state index in [9.17, 15) is 9.59 Å². The third kappa shape index (κ3) is 3.92. The van der Waals surface area contributed by atoms with Crippen LogP contribution in [0.25, 0.3) is 0 Å². The van der Waals surface area contributed by atoms with Crippen LogP contribution < -0.4 is 10.2 Å². The third-order valence-corrected chi connectivity index (χ3v) is 7.55. The first kappa shape index (κ1) is 18.3. The maximum absolute atomic E-state index is 12.5. The number of ether oxygens (including phenoxy) is 1. The fourth-order valence-electron chi connectivity index (χ4n) is 6.78. The molecule has 5 aliphatic rings. The normalized spacial score (nSPS) is 41.0. The van der Waals surface area contributed by atoms with Crippen LogP contribution in [0.15, 0.2) is 0 Å². The van der Waals surface area contributed by atoms with Crippen LogP contribution in [0.1, 0.15) is 58.3 Å². The Hall–Kier alpha value is -1.10. The van der Waals surface area contributed by atoms with E-state index in [1.54, 1.807) is 0 Å². The van der Waals surface area contributed by atoms with Crippen molar-refractivity contribution >= 4 is 11.9 Å². The van der Waals surface area contributed by atoms with Gasteiger partial charge in [0.1, 0.15) is 0 Å². The van der Waals surface area contributed by atoms with E-state index in [0.717, 1.165) is 50.2 Å². The van der Waals surface area contributed by atoms with E-state index in [-0.39, 0.29) is 17.8 Å². The lowest BCUT2D eigenvalue weighted by atomic mass is 9.49. The van der Waals surface area contributed by atoms with Gasteiger partial charge in [-0.15, -0.1) is 0 Å². The maximum atomic E-state index is 12.5. The SMILES string of the molecule is CCOC(=O)C1CC[NH+](CC(=O)NCC23CC4CC(CC(C4)C2)C3)CC1. The number of piperidine rings is 1. The van der Waals surface area contributed by atoms with Crippen molar-refractivity contribution < 1.29 is 19.2 Å². The highest BCUT2D eigenvalue weighted by Gasteiger charge is 2.50. The van der Waals surface area contributed by atoms with Crippen molar-refractivity contribution in [2.45, 2.75) is 58.3 Å². The van der Waals surface area contributed by atoms with Crippen molar-refractivity contribution in [2.75, 3.05) is 32.8 Å². The minimum Gasteiger partial charge on any atom is -0.466 e. The smallest absolute Gasteiger partial charge is 0.309 e. The van der Waals surface area contributed by atoms with Crippen LogP contribution in [-0.2, 0) is 14.3 Å². The van der Waals surface area contributed by atoms with Crippen LogP contribution in [0, 0.1) is 29.1 Å². The lowest BCUT2D eigenvalue weighted by molar-refractivity contribution is -0.897. The fraction of sp³-hybridized carbons (Fsp3) is 0.905. The van der Waals surface area contributed by atoms with Crippen molar-refractivity contribution in [3.8, 4) is 0 Å². The summed E-state index contributed by atoms with van der Waals surface area (Å²) < 4.78 is 5.13. The topological polar surface area (TPSA) is 59.8 Å². The number of rotatable bonds is 6. The number of amides is 1. The highest BCUT2D eigenvalue weighted by atomic mass is 16.5. The van der Waals surface area contributed by atoms with E-state index in [1.165, 1.54) is 43.4 Å². The standard InChI is InChI=1S/C21H34N2O3/c1-2-26-20(25)18-3-5-23(6-4-18)13-19(24)22-14-21-10-15-7-16(11-21)9-17(8-15)12-21/h15-18H,2-14H2,1H3,(H,22,24)/p+1. The molecular formula is C21H35N2O3+. The molecule has 0 spiro atoms. The van der Waals surface area contributed by atoms with Gasteiger partial charge in [-0.1, -0.05) is 0 Å². The van der Waals surface area contributed by atoms with E-state index in [0.29, 0.717) is 18.6 Å². The number of hydrogen-bond acceptors (Lipinski definition) is 3.